The van der Waals surface area contributed by atoms with Gasteiger partial charge in [-0.3, -0.25) is 14.6 Å². The van der Waals surface area contributed by atoms with E-state index in [0.29, 0.717) is 35.0 Å². The Bertz CT molecular complexity index is 1680. The molecule has 0 bridgehead atoms. The van der Waals surface area contributed by atoms with Crippen LogP contribution in [0.5, 0.6) is 23.0 Å². The summed E-state index contributed by atoms with van der Waals surface area (Å²) in [5, 5.41) is 0. The molecule has 3 aliphatic heterocycles. The average molecular weight is 532 g/mol. The van der Waals surface area contributed by atoms with Crippen molar-refractivity contribution in [2.75, 3.05) is 13.2 Å². The summed E-state index contributed by atoms with van der Waals surface area (Å²) in [7, 11) is 0. The summed E-state index contributed by atoms with van der Waals surface area (Å²) in [6, 6.07) is 21.0. The van der Waals surface area contributed by atoms with E-state index in [1.165, 1.54) is 11.1 Å². The second kappa shape index (κ2) is 10.0. The number of aromatic nitrogens is 1. The normalized spacial score (nSPS) is 17.9. The van der Waals surface area contributed by atoms with E-state index in [0.717, 1.165) is 36.3 Å². The zero-order valence-corrected chi connectivity index (χ0v) is 21.6. The van der Waals surface area contributed by atoms with Gasteiger partial charge in [0.25, 0.3) is 0 Å². The summed E-state index contributed by atoms with van der Waals surface area (Å²) in [4.78, 5) is 30.0. The highest BCUT2D eigenvalue weighted by molar-refractivity contribution is 6.15. The fraction of sp³-hybridized carbons (Fsp3) is 0.182. The Balaban J connectivity index is 1.19. The number of para-hydroxylation sites is 1. The molecule has 4 heterocycles. The number of carbonyl (C=O) groups excluding carboxylic acids is 2. The summed E-state index contributed by atoms with van der Waals surface area (Å²) >= 11 is 0. The molecule has 1 atom stereocenters. The Kier molecular flexibility index (Phi) is 6.04. The van der Waals surface area contributed by atoms with Gasteiger partial charge in [0.2, 0.25) is 5.78 Å². The molecule has 0 saturated carbocycles. The van der Waals surface area contributed by atoms with Crippen molar-refractivity contribution >= 4 is 17.8 Å². The van der Waals surface area contributed by atoms with Gasteiger partial charge in [-0.25, -0.2) is 0 Å². The van der Waals surface area contributed by atoms with Crippen LogP contribution in [0.4, 0.5) is 0 Å². The number of hydrogen-bond acceptors (Lipinski definition) is 7. The van der Waals surface area contributed by atoms with Gasteiger partial charge in [0.05, 0.1) is 25.2 Å². The number of Topliss-reactive ketones (excluding diaryl/α,β-unsaturated/α-hetero) is 1. The van der Waals surface area contributed by atoms with Crippen molar-refractivity contribution in [1.82, 2.24) is 4.98 Å². The SMILES string of the molecule is O=C1C[C@H](c2ccccc2OCCc2ccc3c(c2)CCO3)c2c(ccc3c2O/C(=C\c2cccnc2)C3=O)O1. The number of ketones is 1. The molecule has 7 heteroatoms. The second-order valence-corrected chi connectivity index (χ2v) is 9.99. The van der Waals surface area contributed by atoms with E-state index in [1.54, 1.807) is 36.7 Å². The van der Waals surface area contributed by atoms with Gasteiger partial charge < -0.3 is 18.9 Å². The summed E-state index contributed by atoms with van der Waals surface area (Å²) < 4.78 is 23.7. The molecule has 0 unspecified atom stereocenters. The number of ether oxygens (including phenoxy) is 4. The van der Waals surface area contributed by atoms with Crippen LogP contribution in [0.1, 0.15) is 50.5 Å². The second-order valence-electron chi connectivity index (χ2n) is 9.99. The molecule has 0 spiro atoms. The first-order chi connectivity index (χ1) is 19.6. The lowest BCUT2D eigenvalue weighted by Gasteiger charge is -2.27. The van der Waals surface area contributed by atoms with Gasteiger partial charge >= 0.3 is 5.97 Å². The minimum atomic E-state index is -0.398. The quantitative estimate of drug-likeness (QED) is 0.179. The highest BCUT2D eigenvalue weighted by Gasteiger charge is 2.39. The molecule has 0 amide bonds. The largest absolute Gasteiger partial charge is 0.493 e. The van der Waals surface area contributed by atoms with E-state index in [-0.39, 0.29) is 23.9 Å². The minimum absolute atomic E-state index is 0.105. The van der Waals surface area contributed by atoms with Gasteiger partial charge in [-0.15, -0.1) is 0 Å². The third-order valence-electron chi connectivity index (χ3n) is 7.46. The highest BCUT2D eigenvalue weighted by Crippen LogP contribution is 2.50. The predicted molar refractivity (Wildman–Crippen MR) is 147 cm³/mol. The first-order valence-corrected chi connectivity index (χ1v) is 13.3. The van der Waals surface area contributed by atoms with Crippen molar-refractivity contribution in [3.05, 3.63) is 118 Å². The molecule has 0 aliphatic carbocycles. The van der Waals surface area contributed by atoms with Gasteiger partial charge in [0.15, 0.2) is 5.76 Å². The first kappa shape index (κ1) is 24.2. The van der Waals surface area contributed by atoms with E-state index in [2.05, 4.69) is 17.1 Å². The summed E-state index contributed by atoms with van der Waals surface area (Å²) in [6.45, 7) is 1.20. The van der Waals surface area contributed by atoms with E-state index in [9.17, 15) is 9.59 Å². The Morgan fingerprint density at radius 2 is 1.88 bits per heavy atom. The van der Waals surface area contributed by atoms with Crippen LogP contribution in [0.3, 0.4) is 0 Å². The smallest absolute Gasteiger partial charge is 0.312 e. The number of hydrogen-bond donors (Lipinski definition) is 0. The van der Waals surface area contributed by atoms with Crippen LogP contribution in [-0.4, -0.2) is 30.0 Å². The summed E-state index contributed by atoms with van der Waals surface area (Å²) in [6.07, 6.45) is 6.78. The molecule has 0 saturated heterocycles. The third-order valence-corrected chi connectivity index (χ3v) is 7.46. The maximum absolute atomic E-state index is 13.3. The number of benzene rings is 3. The monoisotopic (exact) mass is 531 g/mol. The number of esters is 1. The average Bonchev–Trinajstić information content (AvgIpc) is 3.57. The standard InChI is InChI=1S/C33H25NO6/c35-30-18-25(23-5-1-2-6-27(23)38-14-11-20-7-9-26-22(16-20)12-15-37-26)31-28(39-30)10-8-24-32(36)29(40-33(24)31)17-21-4-3-13-34-19-21/h1-10,13,16-17,19,25H,11-12,14-15,18H2/b29-17-/t25-/m1/s1. The van der Waals surface area contributed by atoms with Crippen molar-refractivity contribution in [3.8, 4) is 23.0 Å². The van der Waals surface area contributed by atoms with E-state index < -0.39 is 5.92 Å². The topological polar surface area (TPSA) is 84.0 Å². The summed E-state index contributed by atoms with van der Waals surface area (Å²) in [5.41, 5.74) is 5.13. The molecule has 0 N–H and O–H groups in total. The number of allylic oxidation sites excluding steroid dienone is 1. The predicted octanol–water partition coefficient (Wildman–Crippen LogP) is 5.70. The van der Waals surface area contributed by atoms with Crippen molar-refractivity contribution in [2.24, 2.45) is 0 Å². The number of fused-ring (bicyclic) bond motifs is 4. The number of rotatable bonds is 6. The molecule has 40 heavy (non-hydrogen) atoms. The maximum atomic E-state index is 13.3. The molecule has 3 aliphatic rings. The third kappa shape index (κ3) is 4.39. The lowest BCUT2D eigenvalue weighted by Crippen LogP contribution is -2.22. The fourth-order valence-electron chi connectivity index (χ4n) is 5.56. The molecular weight excluding hydrogens is 506 g/mol. The molecular formula is C33H25NO6. The molecule has 7 nitrogen and oxygen atoms in total. The molecule has 0 fully saturated rings. The van der Waals surface area contributed by atoms with Crippen LogP contribution in [0.15, 0.2) is 84.9 Å². The number of carbonyl (C=O) groups is 2. The van der Waals surface area contributed by atoms with Gasteiger partial charge in [-0.2, -0.15) is 0 Å². The van der Waals surface area contributed by atoms with Crippen LogP contribution < -0.4 is 18.9 Å². The van der Waals surface area contributed by atoms with Crippen molar-refractivity contribution in [2.45, 2.75) is 25.2 Å². The number of nitrogens with zero attached hydrogens (tertiary/aromatic N) is 1. The summed E-state index contributed by atoms with van der Waals surface area (Å²) in [5.74, 6) is 1.71. The van der Waals surface area contributed by atoms with Crippen LogP contribution >= 0.6 is 0 Å². The van der Waals surface area contributed by atoms with Gasteiger partial charge in [0, 0.05) is 42.3 Å². The Hall–Kier alpha value is -4.91. The lowest BCUT2D eigenvalue weighted by atomic mass is 9.84. The molecule has 7 rings (SSSR count). The molecule has 1 aromatic heterocycles. The van der Waals surface area contributed by atoms with E-state index in [4.69, 9.17) is 18.9 Å². The molecule has 198 valence electrons. The van der Waals surface area contributed by atoms with Crippen LogP contribution in [0.25, 0.3) is 6.08 Å². The van der Waals surface area contributed by atoms with Crippen LogP contribution in [0, 0.1) is 0 Å². The molecule has 0 radical (unpaired) electrons. The highest BCUT2D eigenvalue weighted by atomic mass is 16.5. The van der Waals surface area contributed by atoms with Gasteiger partial charge in [-0.05, 0) is 53.1 Å². The van der Waals surface area contributed by atoms with E-state index in [1.807, 2.05) is 36.4 Å². The Labute approximate surface area is 231 Å². The van der Waals surface area contributed by atoms with Gasteiger partial charge in [-0.1, -0.05) is 36.4 Å². The maximum Gasteiger partial charge on any atom is 0.312 e. The molecule has 3 aromatic carbocycles. The first-order valence-electron chi connectivity index (χ1n) is 13.3. The number of pyridine rings is 1. The van der Waals surface area contributed by atoms with Gasteiger partial charge in [0.1, 0.15) is 23.0 Å². The van der Waals surface area contributed by atoms with Crippen LogP contribution in [0.2, 0.25) is 0 Å². The lowest BCUT2D eigenvalue weighted by molar-refractivity contribution is -0.135. The van der Waals surface area contributed by atoms with E-state index >= 15 is 0 Å². The van der Waals surface area contributed by atoms with Crippen molar-refractivity contribution < 1.29 is 28.5 Å². The minimum Gasteiger partial charge on any atom is -0.493 e. The fourth-order valence-corrected chi connectivity index (χ4v) is 5.56. The van der Waals surface area contributed by atoms with Crippen molar-refractivity contribution in [3.63, 3.8) is 0 Å². The Morgan fingerprint density at radius 3 is 2.77 bits per heavy atom. The Morgan fingerprint density at radius 1 is 0.975 bits per heavy atom. The van der Waals surface area contributed by atoms with Crippen LogP contribution in [-0.2, 0) is 17.6 Å². The molecule has 4 aromatic rings. The zero-order valence-electron chi connectivity index (χ0n) is 21.6. The van der Waals surface area contributed by atoms with Crippen molar-refractivity contribution in [1.29, 1.82) is 0 Å². The zero-order chi connectivity index (χ0) is 27.1.